The van der Waals surface area contributed by atoms with Crippen molar-refractivity contribution in [2.45, 2.75) is 19.6 Å². The first-order valence-electron chi connectivity index (χ1n) is 6.25. The molecule has 1 aromatic heterocycles. The number of nitrogens with zero attached hydrogens (tertiary/aromatic N) is 2. The molecule has 1 atom stereocenters. The van der Waals surface area contributed by atoms with Crippen LogP contribution in [0.5, 0.6) is 11.5 Å². The van der Waals surface area contributed by atoms with Gasteiger partial charge in [-0.05, 0) is 24.6 Å². The first kappa shape index (κ1) is 14.7. The molecule has 0 spiro atoms. The van der Waals surface area contributed by atoms with Crippen LogP contribution in [0.3, 0.4) is 0 Å². The van der Waals surface area contributed by atoms with Crippen LogP contribution in [-0.4, -0.2) is 16.7 Å². The minimum atomic E-state index is -0.0497. The van der Waals surface area contributed by atoms with Crippen molar-refractivity contribution in [3.63, 3.8) is 0 Å². The Morgan fingerprint density at radius 2 is 2.15 bits per heavy atom. The molecule has 0 radical (unpaired) electrons. The van der Waals surface area contributed by atoms with Crippen molar-refractivity contribution in [1.29, 1.82) is 0 Å². The van der Waals surface area contributed by atoms with E-state index in [9.17, 15) is 0 Å². The molecule has 2 rings (SSSR count). The van der Waals surface area contributed by atoms with E-state index in [1.165, 1.54) is 0 Å². The van der Waals surface area contributed by atoms with Crippen LogP contribution in [-0.2, 0) is 13.7 Å². The molecule has 20 heavy (non-hydrogen) atoms. The van der Waals surface area contributed by atoms with Crippen molar-refractivity contribution in [3.8, 4) is 11.5 Å². The van der Waals surface area contributed by atoms with Crippen LogP contribution < -0.4 is 15.2 Å². The van der Waals surface area contributed by atoms with Gasteiger partial charge < -0.3 is 19.8 Å². The summed E-state index contributed by atoms with van der Waals surface area (Å²) >= 11 is 5.93. The van der Waals surface area contributed by atoms with E-state index < -0.39 is 0 Å². The van der Waals surface area contributed by atoms with E-state index in [-0.39, 0.29) is 6.04 Å². The maximum Gasteiger partial charge on any atom is 0.161 e. The maximum absolute atomic E-state index is 5.93. The van der Waals surface area contributed by atoms with Crippen molar-refractivity contribution in [1.82, 2.24) is 9.55 Å². The lowest BCUT2D eigenvalue weighted by Crippen LogP contribution is -2.07. The minimum Gasteiger partial charge on any atom is -0.493 e. The fraction of sp³-hybridized carbons (Fsp3) is 0.357. The number of ether oxygens (including phenoxy) is 2. The zero-order valence-corrected chi connectivity index (χ0v) is 12.5. The van der Waals surface area contributed by atoms with Crippen LogP contribution in [0.4, 0.5) is 0 Å². The third-order valence-electron chi connectivity index (χ3n) is 3.10. The minimum absolute atomic E-state index is 0.0497. The van der Waals surface area contributed by atoms with Gasteiger partial charge in [0.25, 0.3) is 0 Å². The summed E-state index contributed by atoms with van der Waals surface area (Å²) in [5.41, 5.74) is 6.85. The Balaban J connectivity index is 2.15. The molecule has 0 aliphatic heterocycles. The van der Waals surface area contributed by atoms with Gasteiger partial charge >= 0.3 is 0 Å². The van der Waals surface area contributed by atoms with Crippen LogP contribution in [0, 0.1) is 0 Å². The number of nitrogens with two attached hydrogens (primary N) is 1. The van der Waals surface area contributed by atoms with Crippen molar-refractivity contribution < 1.29 is 9.47 Å². The van der Waals surface area contributed by atoms with E-state index in [4.69, 9.17) is 26.8 Å². The molecular weight excluding hydrogens is 278 g/mol. The average molecular weight is 296 g/mol. The van der Waals surface area contributed by atoms with Crippen molar-refractivity contribution in [2.75, 3.05) is 7.11 Å². The molecule has 1 heterocycles. The van der Waals surface area contributed by atoms with Gasteiger partial charge in [0.1, 0.15) is 17.6 Å². The summed E-state index contributed by atoms with van der Waals surface area (Å²) < 4.78 is 12.8. The molecular formula is C14H18ClN3O2. The number of hydrogen-bond acceptors (Lipinski definition) is 4. The Morgan fingerprint density at radius 3 is 2.70 bits per heavy atom. The molecule has 6 heteroatoms. The predicted octanol–water partition coefficient (Wildman–Crippen LogP) is 2.68. The van der Waals surface area contributed by atoms with Gasteiger partial charge in [-0.1, -0.05) is 17.7 Å². The van der Waals surface area contributed by atoms with Gasteiger partial charge in [-0.15, -0.1) is 0 Å². The van der Waals surface area contributed by atoms with E-state index in [1.54, 1.807) is 17.9 Å². The molecule has 1 aromatic carbocycles. The number of rotatable bonds is 5. The second kappa shape index (κ2) is 6.15. The summed E-state index contributed by atoms with van der Waals surface area (Å²) in [5.74, 6) is 2.05. The topological polar surface area (TPSA) is 62.3 Å². The summed E-state index contributed by atoms with van der Waals surface area (Å²) in [6.07, 6.45) is 1.59. The molecule has 0 saturated heterocycles. The number of hydrogen-bond donors (Lipinski definition) is 1. The molecule has 0 aliphatic rings. The van der Waals surface area contributed by atoms with Crippen LogP contribution in [0.1, 0.15) is 24.4 Å². The van der Waals surface area contributed by atoms with Gasteiger partial charge in [-0.2, -0.15) is 0 Å². The molecule has 0 fully saturated rings. The van der Waals surface area contributed by atoms with Gasteiger partial charge in [0.15, 0.2) is 11.5 Å². The quantitative estimate of drug-likeness (QED) is 0.921. The highest BCUT2D eigenvalue weighted by atomic mass is 35.5. The van der Waals surface area contributed by atoms with E-state index >= 15 is 0 Å². The lowest BCUT2D eigenvalue weighted by atomic mass is 10.1. The molecule has 0 unspecified atom stereocenters. The number of methoxy groups -OCH3 is 1. The SMILES string of the molecule is COc1cc([C@@H](C)N)ccc1OCc1ncc(Cl)n1C. The number of aromatic nitrogens is 2. The second-order valence-corrected chi connectivity index (χ2v) is 4.93. The Kier molecular flexibility index (Phi) is 4.52. The Bertz CT molecular complexity index is 596. The normalized spacial score (nSPS) is 12.2. The Hall–Kier alpha value is -1.72. The summed E-state index contributed by atoms with van der Waals surface area (Å²) in [4.78, 5) is 4.18. The third kappa shape index (κ3) is 3.05. The lowest BCUT2D eigenvalue weighted by Gasteiger charge is -2.13. The molecule has 0 bridgehead atoms. The Morgan fingerprint density at radius 1 is 1.40 bits per heavy atom. The third-order valence-corrected chi connectivity index (χ3v) is 3.45. The average Bonchev–Trinajstić information content (AvgIpc) is 2.76. The standard InChI is InChI=1S/C14H18ClN3O2/c1-9(16)10-4-5-11(12(6-10)19-3)20-8-14-17-7-13(15)18(14)2/h4-7,9H,8,16H2,1-3H3/t9-/m1/s1. The molecule has 108 valence electrons. The van der Waals surface area contributed by atoms with Crippen molar-refractivity contribution in [2.24, 2.45) is 12.8 Å². The number of halogens is 1. The molecule has 2 N–H and O–H groups in total. The highest BCUT2D eigenvalue weighted by Crippen LogP contribution is 2.30. The zero-order chi connectivity index (χ0) is 14.7. The van der Waals surface area contributed by atoms with E-state index in [1.807, 2.05) is 32.2 Å². The fourth-order valence-corrected chi connectivity index (χ4v) is 1.93. The van der Waals surface area contributed by atoms with E-state index in [0.29, 0.717) is 23.3 Å². The maximum atomic E-state index is 5.93. The summed E-state index contributed by atoms with van der Waals surface area (Å²) in [5, 5.41) is 0.572. The lowest BCUT2D eigenvalue weighted by molar-refractivity contribution is 0.273. The van der Waals surface area contributed by atoms with Crippen molar-refractivity contribution >= 4 is 11.6 Å². The van der Waals surface area contributed by atoms with Gasteiger partial charge in [0, 0.05) is 13.1 Å². The van der Waals surface area contributed by atoms with Gasteiger partial charge in [-0.3, -0.25) is 0 Å². The monoisotopic (exact) mass is 295 g/mol. The number of benzene rings is 1. The number of imidazole rings is 1. The molecule has 0 amide bonds. The van der Waals surface area contributed by atoms with Crippen LogP contribution in [0.2, 0.25) is 5.15 Å². The zero-order valence-electron chi connectivity index (χ0n) is 11.8. The molecule has 2 aromatic rings. The van der Waals surface area contributed by atoms with Gasteiger partial charge in [0.2, 0.25) is 0 Å². The van der Waals surface area contributed by atoms with Crippen molar-refractivity contribution in [3.05, 3.63) is 40.9 Å². The van der Waals surface area contributed by atoms with Gasteiger partial charge in [0.05, 0.1) is 13.3 Å². The molecule has 5 nitrogen and oxygen atoms in total. The highest BCUT2D eigenvalue weighted by Gasteiger charge is 2.10. The fourth-order valence-electron chi connectivity index (χ4n) is 1.79. The van der Waals surface area contributed by atoms with Crippen LogP contribution in [0.25, 0.3) is 0 Å². The predicted molar refractivity (Wildman–Crippen MR) is 78.1 cm³/mol. The Labute approximate surface area is 123 Å². The first-order valence-corrected chi connectivity index (χ1v) is 6.63. The van der Waals surface area contributed by atoms with Crippen LogP contribution >= 0.6 is 11.6 Å². The highest BCUT2D eigenvalue weighted by molar-refractivity contribution is 6.29. The van der Waals surface area contributed by atoms with Gasteiger partial charge in [-0.25, -0.2) is 4.98 Å². The van der Waals surface area contributed by atoms with E-state index in [2.05, 4.69) is 4.98 Å². The van der Waals surface area contributed by atoms with E-state index in [0.717, 1.165) is 11.4 Å². The second-order valence-electron chi connectivity index (χ2n) is 4.54. The molecule has 0 aliphatic carbocycles. The summed E-state index contributed by atoms with van der Waals surface area (Å²) in [6, 6.07) is 5.60. The summed E-state index contributed by atoms with van der Waals surface area (Å²) in [7, 11) is 3.44. The first-order chi connectivity index (χ1) is 9.52. The summed E-state index contributed by atoms with van der Waals surface area (Å²) in [6.45, 7) is 2.24. The smallest absolute Gasteiger partial charge is 0.161 e. The molecule has 0 saturated carbocycles. The largest absolute Gasteiger partial charge is 0.493 e. The van der Waals surface area contributed by atoms with Crippen LogP contribution in [0.15, 0.2) is 24.4 Å².